The second-order valence-electron chi connectivity index (χ2n) is 4.01. The maximum absolute atomic E-state index is 5.21. The van der Waals surface area contributed by atoms with Gasteiger partial charge in [-0.2, -0.15) is 0 Å². The molecular formula is C13H20N2S. The summed E-state index contributed by atoms with van der Waals surface area (Å²) in [6.45, 7) is 7.37. The number of nitrogens with zero attached hydrogens (tertiary/aromatic N) is 1. The van der Waals surface area contributed by atoms with Crippen molar-refractivity contribution in [1.82, 2.24) is 10.3 Å². The van der Waals surface area contributed by atoms with E-state index in [0.29, 0.717) is 6.04 Å². The summed E-state index contributed by atoms with van der Waals surface area (Å²) in [5, 5.41) is 4.63. The highest BCUT2D eigenvalue weighted by Gasteiger charge is 2.11. The first kappa shape index (κ1) is 13.2. The minimum Gasteiger partial charge on any atom is -0.309 e. The molecule has 0 amide bonds. The van der Waals surface area contributed by atoms with Crippen LogP contribution in [-0.2, 0) is 0 Å². The van der Waals surface area contributed by atoms with Crippen LogP contribution < -0.4 is 5.32 Å². The molecule has 0 saturated carbocycles. The van der Waals surface area contributed by atoms with Crippen LogP contribution in [-0.4, -0.2) is 11.5 Å². The number of rotatable bonds is 6. The van der Waals surface area contributed by atoms with Crippen molar-refractivity contribution in [2.24, 2.45) is 0 Å². The Morgan fingerprint density at radius 2 is 2.19 bits per heavy atom. The van der Waals surface area contributed by atoms with E-state index in [9.17, 15) is 0 Å². The fourth-order valence-electron chi connectivity index (χ4n) is 1.71. The van der Waals surface area contributed by atoms with Gasteiger partial charge in [0.25, 0.3) is 0 Å². The second-order valence-corrected chi connectivity index (χ2v) is 5.42. The second kappa shape index (κ2) is 6.67. The summed E-state index contributed by atoms with van der Waals surface area (Å²) in [4.78, 5) is 5.87. The number of hydrogen-bond acceptors (Lipinski definition) is 3. The van der Waals surface area contributed by atoms with Gasteiger partial charge in [-0.3, -0.25) is 0 Å². The Morgan fingerprint density at radius 1 is 1.44 bits per heavy atom. The molecule has 0 spiro atoms. The normalized spacial score (nSPS) is 12.4. The average Bonchev–Trinajstić information content (AvgIpc) is 2.57. The number of aryl methyl sites for hydroxylation is 2. The van der Waals surface area contributed by atoms with Crippen LogP contribution in [0.2, 0.25) is 0 Å². The van der Waals surface area contributed by atoms with Gasteiger partial charge in [-0.1, -0.05) is 0 Å². The maximum Gasteiger partial charge on any atom is 0.0900 e. The van der Waals surface area contributed by atoms with Crippen LogP contribution in [0.25, 0.3) is 0 Å². The van der Waals surface area contributed by atoms with E-state index in [1.807, 2.05) is 0 Å². The van der Waals surface area contributed by atoms with E-state index in [1.54, 1.807) is 11.3 Å². The van der Waals surface area contributed by atoms with Gasteiger partial charge in [0.15, 0.2) is 0 Å². The third-order valence-electron chi connectivity index (χ3n) is 2.55. The molecule has 1 aromatic heterocycles. The number of nitrogens with one attached hydrogen (secondary N) is 1. The zero-order valence-electron chi connectivity index (χ0n) is 10.3. The lowest BCUT2D eigenvalue weighted by atomic mass is 10.2. The zero-order chi connectivity index (χ0) is 12.0. The summed E-state index contributed by atoms with van der Waals surface area (Å²) in [5.41, 5.74) is 1.19. The van der Waals surface area contributed by atoms with Gasteiger partial charge in [-0.25, -0.2) is 4.98 Å². The first-order valence-corrected chi connectivity index (χ1v) is 6.57. The monoisotopic (exact) mass is 236 g/mol. The number of aromatic nitrogens is 1. The molecule has 0 aliphatic heterocycles. The van der Waals surface area contributed by atoms with E-state index in [0.717, 1.165) is 30.8 Å². The molecule has 16 heavy (non-hydrogen) atoms. The molecule has 1 atom stereocenters. The van der Waals surface area contributed by atoms with Crippen LogP contribution in [0.5, 0.6) is 0 Å². The van der Waals surface area contributed by atoms with Gasteiger partial charge in [0.2, 0.25) is 0 Å². The van der Waals surface area contributed by atoms with E-state index in [1.165, 1.54) is 10.6 Å². The molecular weight excluding hydrogens is 216 g/mol. The molecule has 0 aliphatic carbocycles. The summed E-state index contributed by atoms with van der Waals surface area (Å²) in [6.07, 6.45) is 8.32. The Balaban J connectivity index is 2.33. The third-order valence-corrected chi connectivity index (χ3v) is 3.45. The van der Waals surface area contributed by atoms with Gasteiger partial charge in [0.05, 0.1) is 10.7 Å². The number of thiazole rings is 1. The van der Waals surface area contributed by atoms with Crippen LogP contribution in [0, 0.1) is 26.2 Å². The molecule has 0 fully saturated rings. The lowest BCUT2D eigenvalue weighted by molar-refractivity contribution is 0.539. The first-order valence-electron chi connectivity index (χ1n) is 5.76. The third kappa shape index (κ3) is 3.96. The quantitative estimate of drug-likeness (QED) is 0.606. The molecule has 2 nitrogen and oxygen atoms in total. The van der Waals surface area contributed by atoms with Gasteiger partial charge < -0.3 is 5.32 Å². The molecule has 0 bridgehead atoms. The lowest BCUT2D eigenvalue weighted by Crippen LogP contribution is -2.20. The summed E-state index contributed by atoms with van der Waals surface area (Å²) < 4.78 is 0. The maximum atomic E-state index is 5.21. The standard InChI is InChI=1S/C13H20N2S/c1-5-6-7-8-9-14-10(2)13-11(3)16-12(4)15-13/h1,10,14H,6-9H2,2-4H3. The summed E-state index contributed by atoms with van der Waals surface area (Å²) in [5.74, 6) is 2.66. The van der Waals surface area contributed by atoms with Gasteiger partial charge in [-0.05, 0) is 40.2 Å². The minimum atomic E-state index is 0.343. The summed E-state index contributed by atoms with van der Waals surface area (Å²) >= 11 is 1.77. The van der Waals surface area contributed by atoms with E-state index in [2.05, 4.69) is 37.0 Å². The fourth-order valence-corrected chi connectivity index (χ4v) is 2.63. The Hall–Kier alpha value is -0.850. The van der Waals surface area contributed by atoms with Crippen molar-refractivity contribution in [2.75, 3.05) is 6.54 Å². The van der Waals surface area contributed by atoms with Crippen LogP contribution in [0.4, 0.5) is 0 Å². The van der Waals surface area contributed by atoms with Gasteiger partial charge in [-0.15, -0.1) is 23.7 Å². The van der Waals surface area contributed by atoms with Crippen LogP contribution >= 0.6 is 11.3 Å². The predicted molar refractivity (Wildman–Crippen MR) is 70.7 cm³/mol. The van der Waals surface area contributed by atoms with Crippen LogP contribution in [0.3, 0.4) is 0 Å². The van der Waals surface area contributed by atoms with Crippen molar-refractivity contribution < 1.29 is 0 Å². The Labute approximate surface area is 102 Å². The average molecular weight is 236 g/mol. The van der Waals surface area contributed by atoms with Gasteiger partial charge >= 0.3 is 0 Å². The van der Waals surface area contributed by atoms with Crippen molar-refractivity contribution in [2.45, 2.75) is 46.1 Å². The molecule has 1 aromatic rings. The van der Waals surface area contributed by atoms with Crippen molar-refractivity contribution in [1.29, 1.82) is 0 Å². The molecule has 0 saturated heterocycles. The minimum absolute atomic E-state index is 0.343. The Morgan fingerprint density at radius 3 is 2.75 bits per heavy atom. The molecule has 0 aromatic carbocycles. The smallest absolute Gasteiger partial charge is 0.0900 e. The van der Waals surface area contributed by atoms with Crippen molar-refractivity contribution in [3.8, 4) is 12.3 Å². The molecule has 1 unspecified atom stereocenters. The van der Waals surface area contributed by atoms with E-state index in [-0.39, 0.29) is 0 Å². The number of hydrogen-bond donors (Lipinski definition) is 1. The summed E-state index contributed by atoms with van der Waals surface area (Å²) in [6, 6.07) is 0.343. The van der Waals surface area contributed by atoms with Crippen LogP contribution in [0.1, 0.15) is 47.8 Å². The van der Waals surface area contributed by atoms with E-state index < -0.39 is 0 Å². The first-order chi connectivity index (χ1) is 7.65. The van der Waals surface area contributed by atoms with E-state index >= 15 is 0 Å². The molecule has 88 valence electrons. The Kier molecular flexibility index (Phi) is 5.51. The summed E-state index contributed by atoms with van der Waals surface area (Å²) in [7, 11) is 0. The topological polar surface area (TPSA) is 24.9 Å². The highest BCUT2D eigenvalue weighted by atomic mass is 32.1. The number of terminal acetylenes is 1. The molecule has 3 heteroatoms. The highest BCUT2D eigenvalue weighted by molar-refractivity contribution is 7.11. The Bertz CT molecular complexity index is 362. The van der Waals surface area contributed by atoms with Gasteiger partial charge in [0.1, 0.15) is 0 Å². The molecule has 0 aliphatic rings. The highest BCUT2D eigenvalue weighted by Crippen LogP contribution is 2.22. The van der Waals surface area contributed by atoms with Crippen molar-refractivity contribution in [3.63, 3.8) is 0 Å². The fraction of sp³-hybridized carbons (Fsp3) is 0.615. The zero-order valence-corrected chi connectivity index (χ0v) is 11.2. The van der Waals surface area contributed by atoms with Crippen LogP contribution in [0.15, 0.2) is 0 Å². The van der Waals surface area contributed by atoms with Crippen molar-refractivity contribution in [3.05, 3.63) is 15.6 Å². The largest absolute Gasteiger partial charge is 0.309 e. The van der Waals surface area contributed by atoms with Crippen molar-refractivity contribution >= 4 is 11.3 Å². The van der Waals surface area contributed by atoms with Gasteiger partial charge in [0, 0.05) is 17.3 Å². The molecule has 1 rings (SSSR count). The molecule has 1 N–H and O–H groups in total. The molecule has 1 heterocycles. The number of unbranched alkanes of at least 4 members (excludes halogenated alkanes) is 2. The SMILES string of the molecule is C#CCCCCNC(C)c1nc(C)sc1C. The van der Waals surface area contributed by atoms with E-state index in [4.69, 9.17) is 6.42 Å². The lowest BCUT2D eigenvalue weighted by Gasteiger charge is -2.12. The molecule has 0 radical (unpaired) electrons. The predicted octanol–water partition coefficient (Wildman–Crippen LogP) is 3.21.